The van der Waals surface area contributed by atoms with Gasteiger partial charge in [0.2, 0.25) is 15.9 Å². The Hall–Kier alpha value is -2.36. The molecule has 1 aliphatic heterocycles. The molecule has 4 rings (SSSR count). The lowest BCUT2D eigenvalue weighted by molar-refractivity contribution is -0.115. The van der Waals surface area contributed by atoms with E-state index in [-0.39, 0.29) is 11.2 Å². The van der Waals surface area contributed by atoms with Gasteiger partial charge in [-0.15, -0.1) is 23.1 Å². The van der Waals surface area contributed by atoms with Crippen LogP contribution in [0.1, 0.15) is 5.56 Å². The molecular formula is C20H19N3O3S3. The Labute approximate surface area is 178 Å². The van der Waals surface area contributed by atoms with Crippen molar-refractivity contribution in [2.24, 2.45) is 0 Å². The molecule has 2 heterocycles. The molecule has 1 N–H and O–H groups in total. The van der Waals surface area contributed by atoms with Gasteiger partial charge in [0, 0.05) is 22.9 Å². The van der Waals surface area contributed by atoms with Crippen molar-refractivity contribution in [2.45, 2.75) is 16.6 Å². The summed E-state index contributed by atoms with van der Waals surface area (Å²) in [6.07, 6.45) is 1.89. The van der Waals surface area contributed by atoms with Crippen LogP contribution in [0.4, 0.5) is 10.8 Å². The molecule has 3 aromatic rings. The lowest BCUT2D eigenvalue weighted by atomic mass is 10.1. The average molecular weight is 446 g/mol. The smallest absolute Gasteiger partial charge is 0.239 e. The number of rotatable bonds is 5. The first-order chi connectivity index (χ1) is 13.8. The minimum Gasteiger partial charge on any atom is -0.301 e. The van der Waals surface area contributed by atoms with E-state index >= 15 is 0 Å². The largest absolute Gasteiger partial charge is 0.301 e. The van der Waals surface area contributed by atoms with E-state index in [2.05, 4.69) is 16.4 Å². The fraction of sp³-hybridized carbons (Fsp3) is 0.200. The number of anilines is 2. The molecule has 150 valence electrons. The number of fused-ring (bicyclic) bond motifs is 1. The predicted molar refractivity (Wildman–Crippen MR) is 119 cm³/mol. The van der Waals surface area contributed by atoms with Crippen molar-refractivity contribution in [3.63, 3.8) is 0 Å². The monoisotopic (exact) mass is 445 g/mol. The number of hydrogen-bond donors (Lipinski definition) is 1. The molecule has 9 heteroatoms. The zero-order valence-corrected chi connectivity index (χ0v) is 18.3. The first-order valence-electron chi connectivity index (χ1n) is 8.86. The normalized spacial score (nSPS) is 15.7. The van der Waals surface area contributed by atoms with Crippen LogP contribution < -0.4 is 9.62 Å². The number of amides is 1. The Morgan fingerprint density at radius 2 is 1.90 bits per heavy atom. The summed E-state index contributed by atoms with van der Waals surface area (Å²) < 4.78 is 24.5. The van der Waals surface area contributed by atoms with Crippen molar-refractivity contribution in [3.05, 3.63) is 59.5 Å². The summed E-state index contributed by atoms with van der Waals surface area (Å²) in [7, 11) is -1.79. The second-order valence-corrected chi connectivity index (χ2v) is 10.8. The van der Waals surface area contributed by atoms with Crippen LogP contribution >= 0.6 is 23.1 Å². The van der Waals surface area contributed by atoms with Gasteiger partial charge in [-0.1, -0.05) is 30.3 Å². The molecule has 0 radical (unpaired) electrons. The number of nitrogens with zero attached hydrogens (tertiary/aromatic N) is 2. The van der Waals surface area contributed by atoms with E-state index in [0.29, 0.717) is 10.8 Å². The summed E-state index contributed by atoms with van der Waals surface area (Å²) in [5.74, 6) is -0.0442. The average Bonchev–Trinajstić information content (AvgIpc) is 3.33. The molecule has 0 saturated carbocycles. The van der Waals surface area contributed by atoms with Crippen LogP contribution in [0.5, 0.6) is 0 Å². The molecule has 0 aliphatic carbocycles. The number of nitrogens with one attached hydrogen (secondary N) is 1. The van der Waals surface area contributed by atoms with Crippen LogP contribution in [-0.4, -0.2) is 37.9 Å². The molecule has 29 heavy (non-hydrogen) atoms. The molecular weight excluding hydrogens is 426 g/mol. The summed E-state index contributed by atoms with van der Waals surface area (Å²) in [6, 6.07) is 15.2. The van der Waals surface area contributed by atoms with Crippen molar-refractivity contribution in [1.29, 1.82) is 0 Å². The lowest BCUT2D eigenvalue weighted by Gasteiger charge is -2.16. The van der Waals surface area contributed by atoms with Crippen molar-refractivity contribution in [2.75, 3.05) is 22.9 Å². The quantitative estimate of drug-likeness (QED) is 0.645. The summed E-state index contributed by atoms with van der Waals surface area (Å²) in [6.45, 7) is 0. The Morgan fingerprint density at radius 3 is 2.59 bits per heavy atom. The Kier molecular flexibility index (Phi) is 5.37. The predicted octanol–water partition coefficient (Wildman–Crippen LogP) is 3.86. The van der Waals surface area contributed by atoms with Crippen LogP contribution in [0.15, 0.2) is 58.8 Å². The van der Waals surface area contributed by atoms with Crippen molar-refractivity contribution in [3.8, 4) is 11.3 Å². The maximum atomic E-state index is 12.6. The molecule has 1 aliphatic rings. The van der Waals surface area contributed by atoms with Gasteiger partial charge in [-0.05, 0) is 30.2 Å². The maximum Gasteiger partial charge on any atom is 0.239 e. The molecule has 1 atom stereocenters. The number of hydrogen-bond acceptors (Lipinski definition) is 6. The third kappa shape index (κ3) is 4.31. The van der Waals surface area contributed by atoms with Crippen molar-refractivity contribution >= 4 is 49.8 Å². The van der Waals surface area contributed by atoms with E-state index in [0.717, 1.165) is 28.8 Å². The van der Waals surface area contributed by atoms with Gasteiger partial charge >= 0.3 is 0 Å². The summed E-state index contributed by atoms with van der Waals surface area (Å²) in [4.78, 5) is 18.3. The highest BCUT2D eigenvalue weighted by molar-refractivity contribution is 8.01. The highest BCUT2D eigenvalue weighted by Gasteiger charge is 2.28. The number of thiazole rings is 1. The van der Waals surface area contributed by atoms with Crippen LogP contribution in [0.25, 0.3) is 11.3 Å². The minimum absolute atomic E-state index is 0.0442. The topological polar surface area (TPSA) is 79.4 Å². The highest BCUT2D eigenvalue weighted by Crippen LogP contribution is 2.37. The number of carbonyl (C=O) groups is 1. The molecule has 1 unspecified atom stereocenters. The van der Waals surface area contributed by atoms with Gasteiger partial charge in [0.25, 0.3) is 0 Å². The summed E-state index contributed by atoms with van der Waals surface area (Å²) in [5.41, 5.74) is 3.38. The number of thioether (sulfide) groups is 1. The van der Waals surface area contributed by atoms with E-state index in [1.165, 1.54) is 28.3 Å². The van der Waals surface area contributed by atoms with Gasteiger partial charge in [-0.25, -0.2) is 13.4 Å². The fourth-order valence-corrected chi connectivity index (χ4v) is 5.43. The molecule has 2 aromatic carbocycles. The van der Waals surface area contributed by atoms with Crippen LogP contribution in [-0.2, 0) is 21.2 Å². The van der Waals surface area contributed by atoms with Gasteiger partial charge in [-0.2, -0.15) is 0 Å². The van der Waals surface area contributed by atoms with E-state index < -0.39 is 10.0 Å². The molecule has 6 nitrogen and oxygen atoms in total. The maximum absolute atomic E-state index is 12.6. The SMILES string of the molecule is CN(c1ccc(-c2csc(NC(=O)C3Cc4ccccc4S3)n2)cc1)S(C)(=O)=O. The molecule has 0 spiro atoms. The second kappa shape index (κ2) is 7.81. The summed E-state index contributed by atoms with van der Waals surface area (Å²) >= 11 is 2.96. The summed E-state index contributed by atoms with van der Waals surface area (Å²) in [5, 5.41) is 5.20. The Bertz CT molecular complexity index is 1130. The molecule has 0 fully saturated rings. The highest BCUT2D eigenvalue weighted by atomic mass is 32.2. The molecule has 1 amide bonds. The van der Waals surface area contributed by atoms with Gasteiger partial charge in [0.1, 0.15) is 0 Å². The van der Waals surface area contributed by atoms with E-state index in [9.17, 15) is 13.2 Å². The lowest BCUT2D eigenvalue weighted by Crippen LogP contribution is -2.24. The van der Waals surface area contributed by atoms with E-state index in [1.807, 2.05) is 35.7 Å². The van der Waals surface area contributed by atoms with Crippen LogP contribution in [0.2, 0.25) is 0 Å². The van der Waals surface area contributed by atoms with E-state index in [1.54, 1.807) is 23.9 Å². The van der Waals surface area contributed by atoms with E-state index in [4.69, 9.17) is 0 Å². The number of benzene rings is 2. The first kappa shape index (κ1) is 19.9. The van der Waals surface area contributed by atoms with Crippen LogP contribution in [0.3, 0.4) is 0 Å². The molecule has 0 bridgehead atoms. The number of aromatic nitrogens is 1. The van der Waals surface area contributed by atoms with Crippen molar-refractivity contribution < 1.29 is 13.2 Å². The van der Waals surface area contributed by atoms with Crippen LogP contribution in [0, 0.1) is 0 Å². The zero-order valence-electron chi connectivity index (χ0n) is 15.8. The third-order valence-corrected chi connectivity index (χ3v) is 7.98. The van der Waals surface area contributed by atoms with Gasteiger partial charge < -0.3 is 5.32 Å². The minimum atomic E-state index is -3.30. The second-order valence-electron chi connectivity index (χ2n) is 6.72. The third-order valence-electron chi connectivity index (χ3n) is 4.70. The Balaban J connectivity index is 1.43. The number of sulfonamides is 1. The van der Waals surface area contributed by atoms with Gasteiger partial charge in [0.15, 0.2) is 5.13 Å². The first-order valence-corrected chi connectivity index (χ1v) is 12.5. The Morgan fingerprint density at radius 1 is 1.17 bits per heavy atom. The fourth-order valence-electron chi connectivity index (χ4n) is 3.01. The van der Waals surface area contributed by atoms with Gasteiger partial charge in [-0.3, -0.25) is 9.10 Å². The standard InChI is InChI=1S/C20H19N3O3S3/c1-23(29(2,25)26)15-9-7-13(8-10-15)16-12-27-20(21-16)22-19(24)18-11-14-5-3-4-6-17(14)28-18/h3-10,12,18H,11H2,1-2H3,(H,21,22,24). The number of carbonyl (C=O) groups excluding carboxylic acids is 1. The molecule has 1 aromatic heterocycles. The molecule has 0 saturated heterocycles. The van der Waals surface area contributed by atoms with Gasteiger partial charge in [0.05, 0.1) is 22.9 Å². The van der Waals surface area contributed by atoms with Crippen molar-refractivity contribution in [1.82, 2.24) is 4.98 Å². The zero-order chi connectivity index (χ0) is 20.6.